The molecule has 3 rings (SSSR count). The third kappa shape index (κ3) is 4.51. The largest absolute Gasteiger partial charge is 0.506 e. The number of fused-ring (bicyclic) bond motifs is 1. The first kappa shape index (κ1) is 22.7. The minimum absolute atomic E-state index is 0. The molecule has 1 aliphatic heterocycles. The molecule has 0 fully saturated rings. The minimum Gasteiger partial charge on any atom is -0.506 e. The van der Waals surface area contributed by atoms with Gasteiger partial charge in [0.05, 0.1) is 19.2 Å². The molecule has 2 aromatic rings. The van der Waals surface area contributed by atoms with Gasteiger partial charge in [0.25, 0.3) is 0 Å². The first-order valence-electron chi connectivity index (χ1n) is 9.43. The Hall–Kier alpha value is -1.62. The number of phenolic OH excluding ortho intramolecular Hbond substituents is 1. The van der Waals surface area contributed by atoms with E-state index >= 15 is 0 Å². The molecule has 6 heteroatoms. The van der Waals surface area contributed by atoms with Crippen molar-refractivity contribution in [3.63, 3.8) is 0 Å². The van der Waals surface area contributed by atoms with E-state index in [0.717, 1.165) is 54.9 Å². The van der Waals surface area contributed by atoms with Crippen LogP contribution in [0.5, 0.6) is 17.2 Å². The normalized spacial score (nSPS) is 16.2. The molecule has 1 atom stereocenters. The second-order valence-electron chi connectivity index (χ2n) is 7.18. The number of hydrogen-bond donors (Lipinski definition) is 1. The summed E-state index contributed by atoms with van der Waals surface area (Å²) in [6, 6.07) is 8.05. The average Bonchev–Trinajstić information content (AvgIpc) is 2.66. The highest BCUT2D eigenvalue weighted by atomic mass is 35.5. The van der Waals surface area contributed by atoms with Crippen LogP contribution in [0, 0.1) is 0 Å². The second-order valence-corrected chi connectivity index (χ2v) is 7.59. The topological polar surface area (TPSA) is 41.9 Å². The van der Waals surface area contributed by atoms with Gasteiger partial charge in [-0.1, -0.05) is 24.9 Å². The molecule has 0 saturated heterocycles. The summed E-state index contributed by atoms with van der Waals surface area (Å²) in [5.74, 6) is 1.93. The molecule has 4 nitrogen and oxygen atoms in total. The van der Waals surface area contributed by atoms with Crippen LogP contribution in [-0.4, -0.2) is 37.8 Å². The lowest BCUT2D eigenvalue weighted by atomic mass is 9.88. The van der Waals surface area contributed by atoms with Crippen LogP contribution >= 0.6 is 24.0 Å². The second kappa shape index (κ2) is 9.73. The van der Waals surface area contributed by atoms with Gasteiger partial charge in [-0.15, -0.1) is 12.4 Å². The highest BCUT2D eigenvalue weighted by Gasteiger charge is 2.27. The molecule has 0 bridgehead atoms. The fraction of sp³-hybridized carbons (Fsp3) is 0.455. The van der Waals surface area contributed by atoms with Crippen LogP contribution in [0.2, 0.25) is 5.02 Å². The first-order valence-corrected chi connectivity index (χ1v) is 9.81. The van der Waals surface area contributed by atoms with Gasteiger partial charge in [0.1, 0.15) is 17.2 Å². The van der Waals surface area contributed by atoms with Gasteiger partial charge in [-0.2, -0.15) is 0 Å². The van der Waals surface area contributed by atoms with Crippen molar-refractivity contribution in [3.05, 3.63) is 51.5 Å². The van der Waals surface area contributed by atoms with Crippen molar-refractivity contribution in [1.29, 1.82) is 0 Å². The third-order valence-corrected chi connectivity index (χ3v) is 5.75. The first-order chi connectivity index (χ1) is 13.0. The number of hydrogen-bond acceptors (Lipinski definition) is 4. The Bertz CT molecular complexity index is 826. The Morgan fingerprint density at radius 1 is 1.11 bits per heavy atom. The van der Waals surface area contributed by atoms with Crippen molar-refractivity contribution < 1.29 is 14.6 Å². The molecule has 0 aromatic heterocycles. The van der Waals surface area contributed by atoms with Crippen molar-refractivity contribution in [2.24, 2.45) is 0 Å². The number of aromatic hydroxyl groups is 1. The quantitative estimate of drug-likeness (QED) is 0.689. The highest BCUT2D eigenvalue weighted by molar-refractivity contribution is 6.32. The van der Waals surface area contributed by atoms with Gasteiger partial charge >= 0.3 is 0 Å². The molecule has 0 spiro atoms. The van der Waals surface area contributed by atoms with E-state index in [0.29, 0.717) is 5.02 Å². The van der Waals surface area contributed by atoms with Gasteiger partial charge in [-0.05, 0) is 72.8 Å². The average molecular weight is 426 g/mol. The number of nitrogens with zero attached hydrogens (tertiary/aromatic N) is 1. The summed E-state index contributed by atoms with van der Waals surface area (Å²) in [4.78, 5) is 2.32. The number of phenols is 1. The summed E-state index contributed by atoms with van der Waals surface area (Å²) in [6.45, 7) is 3.11. The zero-order valence-electron chi connectivity index (χ0n) is 16.9. The predicted molar refractivity (Wildman–Crippen MR) is 117 cm³/mol. The van der Waals surface area contributed by atoms with Crippen LogP contribution in [-0.2, 0) is 19.3 Å². The van der Waals surface area contributed by atoms with Gasteiger partial charge in [-0.3, -0.25) is 4.90 Å². The van der Waals surface area contributed by atoms with E-state index in [1.54, 1.807) is 14.2 Å². The van der Waals surface area contributed by atoms with Gasteiger partial charge in [0, 0.05) is 12.6 Å². The monoisotopic (exact) mass is 425 g/mol. The number of ether oxygens (including phenoxy) is 2. The molecule has 28 heavy (non-hydrogen) atoms. The Morgan fingerprint density at radius 2 is 1.75 bits per heavy atom. The zero-order chi connectivity index (χ0) is 19.6. The minimum atomic E-state index is 0. The molecule has 1 N–H and O–H groups in total. The van der Waals surface area contributed by atoms with Crippen molar-refractivity contribution in [1.82, 2.24) is 4.90 Å². The highest BCUT2D eigenvalue weighted by Crippen LogP contribution is 2.39. The van der Waals surface area contributed by atoms with E-state index in [1.165, 1.54) is 11.1 Å². The number of rotatable bonds is 6. The lowest BCUT2D eigenvalue weighted by Gasteiger charge is -2.35. The van der Waals surface area contributed by atoms with Crippen molar-refractivity contribution in [2.45, 2.75) is 38.6 Å². The molecule has 1 aliphatic rings. The van der Waals surface area contributed by atoms with Crippen molar-refractivity contribution in [2.75, 3.05) is 27.8 Å². The maximum absolute atomic E-state index is 10.1. The van der Waals surface area contributed by atoms with E-state index in [-0.39, 0.29) is 24.2 Å². The van der Waals surface area contributed by atoms with Gasteiger partial charge < -0.3 is 14.6 Å². The molecule has 1 heterocycles. The Labute approximate surface area is 178 Å². The van der Waals surface area contributed by atoms with Crippen LogP contribution in [0.4, 0.5) is 0 Å². The van der Waals surface area contributed by atoms with Crippen LogP contribution in [0.1, 0.15) is 41.6 Å². The number of benzene rings is 2. The summed E-state index contributed by atoms with van der Waals surface area (Å²) in [6.07, 6.45) is 3.71. The maximum atomic E-state index is 10.1. The molecular formula is C22H29Cl2NO3. The SMILES string of the molecule is CCCc1cc(OC)c(CC2c3cc(O)c(Cl)cc3CCN2C)cc1OC.Cl. The standard InChI is InChI=1S/C22H28ClNO3.ClH/c1-5-6-15-11-22(27-4)16(12-21(15)26-3)10-19-17-13-20(25)18(23)9-14(17)7-8-24(19)2;/h9,11-13,19,25H,5-8,10H2,1-4H3;1H. The molecular weight excluding hydrogens is 397 g/mol. The maximum Gasteiger partial charge on any atom is 0.134 e. The fourth-order valence-corrected chi connectivity index (χ4v) is 4.14. The third-order valence-electron chi connectivity index (χ3n) is 5.45. The molecule has 0 amide bonds. The number of methoxy groups -OCH3 is 2. The summed E-state index contributed by atoms with van der Waals surface area (Å²) in [5.41, 5.74) is 4.61. The van der Waals surface area contributed by atoms with Gasteiger partial charge in [0.15, 0.2) is 0 Å². The molecule has 0 radical (unpaired) electrons. The van der Waals surface area contributed by atoms with Crippen molar-refractivity contribution in [3.8, 4) is 17.2 Å². The number of aryl methyl sites for hydroxylation is 1. The number of halogens is 2. The van der Waals surface area contributed by atoms with E-state index in [9.17, 15) is 5.11 Å². The van der Waals surface area contributed by atoms with E-state index in [2.05, 4.69) is 31.0 Å². The Balaban J connectivity index is 0.00000280. The van der Waals surface area contributed by atoms with Crippen LogP contribution < -0.4 is 9.47 Å². The Kier molecular flexibility index (Phi) is 7.87. The fourth-order valence-electron chi connectivity index (χ4n) is 3.96. The van der Waals surface area contributed by atoms with Crippen LogP contribution in [0.15, 0.2) is 24.3 Å². The Morgan fingerprint density at radius 3 is 2.39 bits per heavy atom. The van der Waals surface area contributed by atoms with Crippen LogP contribution in [0.3, 0.4) is 0 Å². The summed E-state index contributed by atoms with van der Waals surface area (Å²) < 4.78 is 11.3. The van der Waals surface area contributed by atoms with Crippen LogP contribution in [0.25, 0.3) is 0 Å². The predicted octanol–water partition coefficient (Wildman–Crippen LogP) is 5.21. The summed E-state index contributed by atoms with van der Waals surface area (Å²) in [7, 11) is 5.55. The number of likely N-dealkylation sites (N-methyl/N-ethyl adjacent to an activating group) is 1. The smallest absolute Gasteiger partial charge is 0.134 e. The molecule has 154 valence electrons. The molecule has 1 unspecified atom stereocenters. The van der Waals surface area contributed by atoms with Gasteiger partial charge in [-0.25, -0.2) is 0 Å². The lowest BCUT2D eigenvalue weighted by Crippen LogP contribution is -2.33. The molecule has 2 aromatic carbocycles. The molecule has 0 saturated carbocycles. The lowest BCUT2D eigenvalue weighted by molar-refractivity contribution is 0.227. The molecule has 0 aliphatic carbocycles. The van der Waals surface area contributed by atoms with E-state index in [4.69, 9.17) is 21.1 Å². The van der Waals surface area contributed by atoms with Gasteiger partial charge in [0.2, 0.25) is 0 Å². The van der Waals surface area contributed by atoms with E-state index < -0.39 is 0 Å². The van der Waals surface area contributed by atoms with E-state index in [1.807, 2.05) is 12.1 Å². The zero-order valence-corrected chi connectivity index (χ0v) is 18.5. The van der Waals surface area contributed by atoms with Crippen molar-refractivity contribution >= 4 is 24.0 Å². The summed E-state index contributed by atoms with van der Waals surface area (Å²) >= 11 is 6.12. The summed E-state index contributed by atoms with van der Waals surface area (Å²) in [5, 5.41) is 10.5.